The average Bonchev–Trinajstić information content (AvgIpc) is 2.30. The summed E-state index contributed by atoms with van der Waals surface area (Å²) in [6, 6.07) is 3.57. The summed E-state index contributed by atoms with van der Waals surface area (Å²) >= 11 is 0. The van der Waals surface area contributed by atoms with E-state index in [0.29, 0.717) is 5.56 Å². The number of nitrogens with zero attached hydrogens (tertiary/aromatic N) is 1. The molecule has 0 radical (unpaired) electrons. The monoisotopic (exact) mass is 210 g/mol. The quantitative estimate of drug-likeness (QED) is 0.815. The lowest BCUT2D eigenvalue weighted by Gasteiger charge is -2.09. The molecule has 0 fully saturated rings. The Bertz CT molecular complexity index is 314. The van der Waals surface area contributed by atoms with Crippen molar-refractivity contribution >= 4 is 5.91 Å². The number of carbonyl (C=O) groups excluding carboxylic acids is 1. The highest BCUT2D eigenvalue weighted by molar-refractivity contribution is 5.95. The Balaban J connectivity index is 0. The first kappa shape index (κ1) is 13.6. The summed E-state index contributed by atoms with van der Waals surface area (Å²) in [4.78, 5) is 15.6. The van der Waals surface area contributed by atoms with E-state index in [2.05, 4.69) is 10.3 Å². The van der Waals surface area contributed by atoms with Crippen molar-refractivity contribution in [1.82, 2.24) is 10.3 Å². The van der Waals surface area contributed by atoms with Gasteiger partial charge in [-0.05, 0) is 18.1 Å². The van der Waals surface area contributed by atoms with Crippen molar-refractivity contribution in [2.24, 2.45) is 0 Å². The molecule has 3 nitrogen and oxygen atoms in total. The van der Waals surface area contributed by atoms with Gasteiger partial charge in [-0.3, -0.25) is 9.78 Å². The van der Waals surface area contributed by atoms with Crippen molar-refractivity contribution < 1.29 is 6.22 Å². The molecule has 0 aliphatic carbocycles. The molecule has 15 heavy (non-hydrogen) atoms. The molecule has 1 aromatic heterocycles. The third-order valence-corrected chi connectivity index (χ3v) is 1.86. The van der Waals surface area contributed by atoms with Gasteiger partial charge in [0, 0.05) is 14.7 Å². The summed E-state index contributed by atoms with van der Waals surface area (Å²) in [5, 5.41) is 2.60. The molecule has 0 bridgehead atoms. The van der Waals surface area contributed by atoms with Crippen LogP contribution in [0.2, 0.25) is 0 Å². The topological polar surface area (TPSA) is 42.0 Å². The molecular weight excluding hydrogens is 188 g/mol. The second-order valence-electron chi connectivity index (χ2n) is 3.17. The molecule has 0 unspecified atom stereocenters. The molecule has 1 aromatic rings. The largest absolute Gasteiger partial charge is 0.355 e. The molecule has 0 aromatic carbocycles. The summed E-state index contributed by atoms with van der Waals surface area (Å²) in [6.07, 6.45) is 1.71. The number of pyridine rings is 1. The predicted octanol–water partition coefficient (Wildman–Crippen LogP) is 2.84. The highest BCUT2D eigenvalue weighted by Crippen LogP contribution is 2.15. The standard InChI is InChI=1S/C10H14N2O.C2H6.H2/c1-7(2)9-8(10(13)11-3)5-4-6-12-9;1-2;/h4-7H,1-3H3,(H,11,13);1-2H3;1H. The van der Waals surface area contributed by atoms with Gasteiger partial charge in [0.1, 0.15) is 0 Å². The van der Waals surface area contributed by atoms with Gasteiger partial charge in [0.05, 0.1) is 11.3 Å². The molecule has 1 N–H and O–H groups in total. The molecule has 1 amide bonds. The molecule has 0 aliphatic heterocycles. The number of hydrogen-bond acceptors (Lipinski definition) is 2. The maximum absolute atomic E-state index is 11.4. The van der Waals surface area contributed by atoms with Crippen LogP contribution < -0.4 is 5.32 Å². The molecule has 1 rings (SSSR count). The van der Waals surface area contributed by atoms with Gasteiger partial charge in [0.2, 0.25) is 0 Å². The SMILES string of the molecule is CC.CNC(=O)c1cccnc1C(C)C.[HH]. The van der Waals surface area contributed by atoms with E-state index in [0.717, 1.165) is 5.69 Å². The maximum Gasteiger partial charge on any atom is 0.252 e. The van der Waals surface area contributed by atoms with Gasteiger partial charge in [0.15, 0.2) is 0 Å². The van der Waals surface area contributed by atoms with Crippen LogP contribution in [0.1, 0.15) is 51.1 Å². The minimum Gasteiger partial charge on any atom is -0.355 e. The lowest BCUT2D eigenvalue weighted by molar-refractivity contribution is 0.0961. The fourth-order valence-corrected chi connectivity index (χ4v) is 1.20. The molecule has 0 saturated carbocycles. The lowest BCUT2D eigenvalue weighted by Crippen LogP contribution is -2.20. The van der Waals surface area contributed by atoms with Crippen LogP contribution in [0.4, 0.5) is 0 Å². The molecule has 1 heterocycles. The lowest BCUT2D eigenvalue weighted by atomic mass is 10.0. The Morgan fingerprint density at radius 2 is 2.07 bits per heavy atom. The Morgan fingerprint density at radius 3 is 2.53 bits per heavy atom. The summed E-state index contributed by atoms with van der Waals surface area (Å²) in [5.41, 5.74) is 1.52. The van der Waals surface area contributed by atoms with Crippen LogP contribution in [-0.4, -0.2) is 17.9 Å². The number of carbonyl (C=O) groups is 1. The minimum atomic E-state index is -0.0724. The van der Waals surface area contributed by atoms with Crippen LogP contribution in [0.25, 0.3) is 0 Å². The van der Waals surface area contributed by atoms with E-state index in [1.165, 1.54) is 0 Å². The molecule has 0 aliphatic rings. The van der Waals surface area contributed by atoms with E-state index in [9.17, 15) is 4.79 Å². The molecule has 0 saturated heterocycles. The smallest absolute Gasteiger partial charge is 0.252 e. The van der Waals surface area contributed by atoms with Crippen molar-refractivity contribution in [1.29, 1.82) is 0 Å². The molecular formula is C12H22N2O. The van der Waals surface area contributed by atoms with Gasteiger partial charge < -0.3 is 5.32 Å². The van der Waals surface area contributed by atoms with E-state index < -0.39 is 0 Å². The first-order chi connectivity index (χ1) is 7.16. The van der Waals surface area contributed by atoms with E-state index in [1.54, 1.807) is 25.4 Å². The molecule has 3 heteroatoms. The van der Waals surface area contributed by atoms with Gasteiger partial charge >= 0.3 is 0 Å². The van der Waals surface area contributed by atoms with E-state index in [-0.39, 0.29) is 13.3 Å². The molecule has 0 spiro atoms. The molecule has 0 atom stereocenters. The first-order valence-corrected chi connectivity index (χ1v) is 5.33. The highest BCUT2D eigenvalue weighted by atomic mass is 16.1. The maximum atomic E-state index is 11.4. The van der Waals surface area contributed by atoms with E-state index >= 15 is 0 Å². The van der Waals surface area contributed by atoms with Crippen LogP contribution >= 0.6 is 0 Å². The average molecular weight is 210 g/mol. The zero-order valence-corrected chi connectivity index (χ0v) is 10.2. The van der Waals surface area contributed by atoms with Gasteiger partial charge in [-0.2, -0.15) is 0 Å². The number of rotatable bonds is 2. The van der Waals surface area contributed by atoms with Crippen LogP contribution in [0, 0.1) is 0 Å². The zero-order chi connectivity index (χ0) is 11.8. The van der Waals surface area contributed by atoms with Gasteiger partial charge in [-0.25, -0.2) is 0 Å². The Morgan fingerprint density at radius 1 is 1.47 bits per heavy atom. The van der Waals surface area contributed by atoms with Crippen molar-refractivity contribution in [3.05, 3.63) is 29.6 Å². The second-order valence-corrected chi connectivity index (χ2v) is 3.17. The third kappa shape index (κ3) is 3.70. The van der Waals surface area contributed by atoms with Gasteiger partial charge in [0.25, 0.3) is 5.91 Å². The fourth-order valence-electron chi connectivity index (χ4n) is 1.20. The Labute approximate surface area is 93.4 Å². The first-order valence-electron chi connectivity index (χ1n) is 5.33. The predicted molar refractivity (Wildman–Crippen MR) is 65.2 cm³/mol. The normalized spacial score (nSPS) is 9.20. The summed E-state index contributed by atoms with van der Waals surface area (Å²) in [6.45, 7) is 8.05. The number of nitrogens with one attached hydrogen (secondary N) is 1. The minimum absolute atomic E-state index is 0. The Kier molecular flexibility index (Phi) is 6.34. The van der Waals surface area contributed by atoms with Crippen molar-refractivity contribution in [2.75, 3.05) is 7.05 Å². The Hall–Kier alpha value is -1.38. The highest BCUT2D eigenvalue weighted by Gasteiger charge is 2.12. The van der Waals surface area contributed by atoms with E-state index in [4.69, 9.17) is 0 Å². The summed E-state index contributed by atoms with van der Waals surface area (Å²) in [5.74, 6) is 0.199. The van der Waals surface area contributed by atoms with Crippen LogP contribution in [0.3, 0.4) is 0 Å². The van der Waals surface area contributed by atoms with Crippen LogP contribution in [0.5, 0.6) is 0 Å². The van der Waals surface area contributed by atoms with Crippen molar-refractivity contribution in [2.45, 2.75) is 33.6 Å². The second kappa shape index (κ2) is 6.98. The number of hydrogen-bond donors (Lipinski definition) is 1. The van der Waals surface area contributed by atoms with Crippen molar-refractivity contribution in [3.8, 4) is 0 Å². The van der Waals surface area contributed by atoms with Crippen molar-refractivity contribution in [3.63, 3.8) is 0 Å². The number of aromatic nitrogens is 1. The van der Waals surface area contributed by atoms with E-state index in [1.807, 2.05) is 27.7 Å². The summed E-state index contributed by atoms with van der Waals surface area (Å²) in [7, 11) is 1.62. The molecule has 86 valence electrons. The van der Waals surface area contributed by atoms with Crippen LogP contribution in [-0.2, 0) is 0 Å². The third-order valence-electron chi connectivity index (χ3n) is 1.86. The number of amides is 1. The fraction of sp³-hybridized carbons (Fsp3) is 0.500. The summed E-state index contributed by atoms with van der Waals surface area (Å²) < 4.78 is 0. The van der Waals surface area contributed by atoms with Gasteiger partial charge in [-0.15, -0.1) is 0 Å². The van der Waals surface area contributed by atoms with Crippen LogP contribution in [0.15, 0.2) is 18.3 Å². The van der Waals surface area contributed by atoms with Gasteiger partial charge in [-0.1, -0.05) is 27.7 Å². The zero-order valence-electron chi connectivity index (χ0n) is 10.2.